The Balaban J connectivity index is 1.60. The maximum atomic E-state index is 13.0. The number of fused-ring (bicyclic) bond motifs is 2. The van der Waals surface area contributed by atoms with Crippen molar-refractivity contribution in [1.82, 2.24) is 5.32 Å². The summed E-state index contributed by atoms with van der Waals surface area (Å²) in [5, 5.41) is 24.3. The first-order valence-corrected chi connectivity index (χ1v) is 11.4. The highest BCUT2D eigenvalue weighted by Gasteiger charge is 2.54. The molecule has 2 aliphatic heterocycles. The van der Waals surface area contributed by atoms with Gasteiger partial charge >= 0.3 is 0 Å². The molecule has 0 spiro atoms. The number of hydrogen-bond donors (Lipinski definition) is 3. The molecule has 0 saturated carbocycles. The largest absolute Gasteiger partial charge is 0.497 e. The summed E-state index contributed by atoms with van der Waals surface area (Å²) < 4.78 is 11.8. The van der Waals surface area contributed by atoms with Gasteiger partial charge in [0, 0.05) is 12.2 Å². The van der Waals surface area contributed by atoms with E-state index in [-0.39, 0.29) is 18.4 Å². The number of carbonyl (C=O) groups is 1. The van der Waals surface area contributed by atoms with Crippen LogP contribution in [0, 0.1) is 0 Å². The number of benzene rings is 2. The first-order chi connectivity index (χ1) is 15.4. The van der Waals surface area contributed by atoms with Gasteiger partial charge in [-0.2, -0.15) is 0 Å². The minimum Gasteiger partial charge on any atom is -0.497 e. The number of aliphatic hydroxyl groups is 2. The standard InChI is InChI=1S/C26H33NO5/c1-25-16-20(18-7-4-3-5-8-18)17-26(32-25,13-14-28)12-11-22(23(25)29)27-24(30)19-9-6-10-21(15-19)31-2/h3-10,15,20,22-23,28-29H,11-14,16-17H2,1-2H3,(H,27,30)/t20-,22-,23+,25+,26-/m1/s1. The Hall–Kier alpha value is -2.41. The normalized spacial score (nSPS) is 32.1. The Morgan fingerprint density at radius 1 is 1.19 bits per heavy atom. The summed E-state index contributed by atoms with van der Waals surface area (Å²) in [4.78, 5) is 13.0. The maximum absolute atomic E-state index is 13.0. The van der Waals surface area contributed by atoms with Crippen LogP contribution in [0.5, 0.6) is 5.75 Å². The van der Waals surface area contributed by atoms with Crippen LogP contribution in [0.3, 0.4) is 0 Å². The number of aliphatic hydroxyl groups excluding tert-OH is 2. The van der Waals surface area contributed by atoms with Gasteiger partial charge in [-0.25, -0.2) is 0 Å². The van der Waals surface area contributed by atoms with Crippen LogP contribution in [0.4, 0.5) is 0 Å². The van der Waals surface area contributed by atoms with Crippen LogP contribution >= 0.6 is 0 Å². The highest BCUT2D eigenvalue weighted by atomic mass is 16.5. The van der Waals surface area contributed by atoms with Crippen LogP contribution < -0.4 is 10.1 Å². The molecular weight excluding hydrogens is 406 g/mol. The van der Waals surface area contributed by atoms with Crippen molar-refractivity contribution in [3.63, 3.8) is 0 Å². The van der Waals surface area contributed by atoms with Gasteiger partial charge in [-0.1, -0.05) is 36.4 Å². The number of carbonyl (C=O) groups excluding carboxylic acids is 1. The topological polar surface area (TPSA) is 88.0 Å². The van der Waals surface area contributed by atoms with Crippen molar-refractivity contribution in [2.75, 3.05) is 13.7 Å². The molecule has 3 N–H and O–H groups in total. The fourth-order valence-electron chi connectivity index (χ4n) is 5.53. The SMILES string of the molecule is COc1cccc(C(=O)N[C@@H]2CC[C@@]3(CCO)C[C@H](c4ccccc4)C[C@](C)(O3)[C@H]2O)c1. The second-order valence-electron chi connectivity index (χ2n) is 9.38. The molecule has 2 fully saturated rings. The van der Waals surface area contributed by atoms with Crippen molar-refractivity contribution >= 4 is 5.91 Å². The number of hydrogen-bond acceptors (Lipinski definition) is 5. The van der Waals surface area contributed by atoms with E-state index in [0.29, 0.717) is 37.0 Å². The zero-order valence-corrected chi connectivity index (χ0v) is 18.8. The van der Waals surface area contributed by atoms with Crippen molar-refractivity contribution in [2.24, 2.45) is 0 Å². The fraction of sp³-hybridized carbons (Fsp3) is 0.500. The third kappa shape index (κ3) is 4.53. The lowest BCUT2D eigenvalue weighted by atomic mass is 9.73. The van der Waals surface area contributed by atoms with Crippen molar-refractivity contribution in [3.05, 3.63) is 65.7 Å². The summed E-state index contributed by atoms with van der Waals surface area (Å²) in [5.74, 6) is 0.575. The van der Waals surface area contributed by atoms with Gasteiger partial charge in [0.2, 0.25) is 0 Å². The number of ether oxygens (including phenoxy) is 2. The van der Waals surface area contributed by atoms with Crippen molar-refractivity contribution in [3.8, 4) is 5.75 Å². The Morgan fingerprint density at radius 3 is 2.69 bits per heavy atom. The Bertz CT molecular complexity index is 935. The quantitative estimate of drug-likeness (QED) is 0.642. The molecule has 0 radical (unpaired) electrons. The molecule has 2 aromatic carbocycles. The van der Waals surface area contributed by atoms with E-state index >= 15 is 0 Å². The van der Waals surface area contributed by atoms with Gasteiger partial charge in [-0.05, 0) is 68.7 Å². The molecule has 4 rings (SSSR count). The van der Waals surface area contributed by atoms with Crippen LogP contribution in [0.2, 0.25) is 0 Å². The van der Waals surface area contributed by atoms with Crippen molar-refractivity contribution in [2.45, 2.75) is 68.3 Å². The van der Waals surface area contributed by atoms with Crippen molar-refractivity contribution < 1.29 is 24.5 Å². The van der Waals surface area contributed by atoms with Crippen LogP contribution in [-0.4, -0.2) is 53.2 Å². The van der Waals surface area contributed by atoms with E-state index in [0.717, 1.165) is 6.42 Å². The average molecular weight is 440 g/mol. The summed E-state index contributed by atoms with van der Waals surface area (Å²) in [6.07, 6.45) is 2.31. The Morgan fingerprint density at radius 2 is 1.97 bits per heavy atom. The average Bonchev–Trinajstić information content (AvgIpc) is 2.87. The predicted octanol–water partition coefficient (Wildman–Crippen LogP) is 3.42. The van der Waals surface area contributed by atoms with Crippen LogP contribution in [0.1, 0.15) is 60.9 Å². The van der Waals surface area contributed by atoms with Crippen LogP contribution in [-0.2, 0) is 4.74 Å². The zero-order valence-electron chi connectivity index (χ0n) is 18.8. The Kier molecular flexibility index (Phi) is 6.56. The van der Waals surface area contributed by atoms with Gasteiger partial charge in [0.25, 0.3) is 5.91 Å². The van der Waals surface area contributed by atoms with Gasteiger partial charge in [-0.15, -0.1) is 0 Å². The molecule has 0 aliphatic carbocycles. The molecule has 5 atom stereocenters. The lowest BCUT2D eigenvalue weighted by Crippen LogP contribution is -2.58. The first-order valence-electron chi connectivity index (χ1n) is 11.4. The maximum Gasteiger partial charge on any atom is 0.251 e. The predicted molar refractivity (Wildman–Crippen MR) is 122 cm³/mol. The fourth-order valence-corrected chi connectivity index (χ4v) is 5.53. The Labute approximate surface area is 189 Å². The van der Waals surface area contributed by atoms with Crippen molar-refractivity contribution in [1.29, 1.82) is 0 Å². The minimum atomic E-state index is -0.871. The summed E-state index contributed by atoms with van der Waals surface area (Å²) in [7, 11) is 1.56. The van der Waals surface area contributed by atoms with Gasteiger partial charge in [0.05, 0.1) is 24.4 Å². The number of rotatable bonds is 6. The number of amides is 1. The summed E-state index contributed by atoms with van der Waals surface area (Å²) >= 11 is 0. The van der Waals surface area contributed by atoms with Gasteiger partial charge in [0.15, 0.2) is 0 Å². The smallest absolute Gasteiger partial charge is 0.251 e. The van der Waals surface area contributed by atoms with Crippen LogP contribution in [0.15, 0.2) is 54.6 Å². The summed E-state index contributed by atoms with van der Waals surface area (Å²) in [6.45, 7) is 1.96. The molecule has 172 valence electrons. The number of nitrogens with one attached hydrogen (secondary N) is 1. The highest BCUT2D eigenvalue weighted by Crippen LogP contribution is 2.51. The van der Waals surface area contributed by atoms with E-state index in [9.17, 15) is 15.0 Å². The van der Waals surface area contributed by atoms with E-state index in [4.69, 9.17) is 9.47 Å². The molecule has 0 aromatic heterocycles. The number of methoxy groups -OCH3 is 1. The third-order valence-corrected chi connectivity index (χ3v) is 7.12. The third-order valence-electron chi connectivity index (χ3n) is 7.12. The van der Waals surface area contributed by atoms with Gasteiger partial charge in [-0.3, -0.25) is 4.79 Å². The minimum absolute atomic E-state index is 0.0223. The van der Waals surface area contributed by atoms with Gasteiger partial charge < -0.3 is 25.0 Å². The molecule has 2 saturated heterocycles. The monoisotopic (exact) mass is 439 g/mol. The molecule has 2 aromatic rings. The second-order valence-corrected chi connectivity index (χ2v) is 9.38. The van der Waals surface area contributed by atoms with Gasteiger partial charge in [0.1, 0.15) is 11.9 Å². The molecule has 32 heavy (non-hydrogen) atoms. The molecule has 1 amide bonds. The molecule has 0 unspecified atom stereocenters. The van der Waals surface area contributed by atoms with E-state index in [1.165, 1.54) is 5.56 Å². The molecule has 6 nitrogen and oxygen atoms in total. The zero-order chi connectivity index (χ0) is 22.8. The summed E-state index contributed by atoms with van der Waals surface area (Å²) in [5.41, 5.74) is 0.340. The lowest BCUT2D eigenvalue weighted by Gasteiger charge is -2.50. The second kappa shape index (κ2) is 9.22. The highest BCUT2D eigenvalue weighted by molar-refractivity contribution is 5.94. The van der Waals surface area contributed by atoms with E-state index in [1.54, 1.807) is 31.4 Å². The molecule has 2 aliphatic rings. The molecule has 6 heteroatoms. The first kappa shape index (κ1) is 22.8. The van der Waals surface area contributed by atoms with Crippen LogP contribution in [0.25, 0.3) is 0 Å². The van der Waals surface area contributed by atoms with E-state index in [1.807, 2.05) is 25.1 Å². The van der Waals surface area contributed by atoms with E-state index in [2.05, 4.69) is 17.4 Å². The molecular formula is C26H33NO5. The molecule has 2 bridgehead atoms. The molecule has 2 heterocycles. The van der Waals surface area contributed by atoms with E-state index < -0.39 is 23.3 Å². The summed E-state index contributed by atoms with van der Waals surface area (Å²) in [6, 6.07) is 16.8. The lowest BCUT2D eigenvalue weighted by molar-refractivity contribution is -0.223.